The van der Waals surface area contributed by atoms with E-state index in [9.17, 15) is 5.26 Å². The lowest BCUT2D eigenvalue weighted by molar-refractivity contribution is 0.224. The molecule has 7 heteroatoms. The Hall–Kier alpha value is -3.11. The molecule has 0 unspecified atom stereocenters. The Balaban J connectivity index is 1.54. The Morgan fingerprint density at radius 2 is 2.15 bits per heavy atom. The topological polar surface area (TPSA) is 91.1 Å². The van der Waals surface area contributed by atoms with Crippen LogP contribution in [0, 0.1) is 11.3 Å². The lowest BCUT2D eigenvalue weighted by Crippen LogP contribution is -2.30. The number of likely N-dealkylation sites (tertiary alicyclic amines) is 1. The van der Waals surface area contributed by atoms with Gasteiger partial charge in [-0.2, -0.15) is 10.2 Å². The number of pyridine rings is 1. The molecule has 3 aromatic rings. The molecule has 26 heavy (non-hydrogen) atoms. The maximum atomic E-state index is 9.38. The zero-order chi connectivity index (χ0) is 17.8. The molecule has 7 nitrogen and oxygen atoms in total. The molecule has 0 radical (unpaired) electrons. The van der Waals surface area contributed by atoms with Crippen LogP contribution in [0.25, 0.3) is 11.5 Å². The molecule has 0 saturated carbocycles. The van der Waals surface area contributed by atoms with Gasteiger partial charge in [-0.15, -0.1) is 0 Å². The Kier molecular flexibility index (Phi) is 4.67. The van der Waals surface area contributed by atoms with Crippen molar-refractivity contribution in [3.8, 4) is 17.5 Å². The zero-order valence-electron chi connectivity index (χ0n) is 14.3. The highest BCUT2D eigenvalue weighted by Crippen LogP contribution is 2.28. The number of nitrogens with one attached hydrogen (secondary N) is 1. The van der Waals surface area contributed by atoms with Gasteiger partial charge in [0.15, 0.2) is 0 Å². The van der Waals surface area contributed by atoms with Crippen LogP contribution in [-0.4, -0.2) is 34.5 Å². The van der Waals surface area contributed by atoms with Crippen LogP contribution in [0.5, 0.6) is 0 Å². The molecule has 4 heterocycles. The van der Waals surface area contributed by atoms with Crippen LogP contribution < -0.4 is 5.32 Å². The monoisotopic (exact) mass is 349 g/mol. The van der Waals surface area contributed by atoms with E-state index in [0.717, 1.165) is 24.4 Å². The van der Waals surface area contributed by atoms with E-state index in [2.05, 4.69) is 26.3 Å². The number of hydrogen-bond acceptors (Lipinski definition) is 7. The summed E-state index contributed by atoms with van der Waals surface area (Å²) in [5, 5.41) is 12.6. The van der Waals surface area contributed by atoms with Gasteiger partial charge in [0, 0.05) is 18.9 Å². The van der Waals surface area contributed by atoms with E-state index in [0.29, 0.717) is 18.3 Å². The van der Waals surface area contributed by atoms with Crippen molar-refractivity contribution in [1.82, 2.24) is 14.9 Å². The molecule has 1 saturated heterocycles. The van der Waals surface area contributed by atoms with E-state index >= 15 is 0 Å². The van der Waals surface area contributed by atoms with Gasteiger partial charge < -0.3 is 14.2 Å². The predicted octanol–water partition coefficient (Wildman–Crippen LogP) is 3.45. The number of oxazole rings is 1. The van der Waals surface area contributed by atoms with Crippen molar-refractivity contribution >= 4 is 5.88 Å². The molecule has 1 N–H and O–H groups in total. The Labute approximate surface area is 151 Å². The highest BCUT2D eigenvalue weighted by molar-refractivity contribution is 5.57. The van der Waals surface area contributed by atoms with Crippen LogP contribution in [0.4, 0.5) is 5.88 Å². The first kappa shape index (κ1) is 16.4. The average Bonchev–Trinajstić information content (AvgIpc) is 3.45. The van der Waals surface area contributed by atoms with Crippen molar-refractivity contribution in [3.63, 3.8) is 0 Å². The lowest BCUT2D eigenvalue weighted by atomic mass is 10.2. The van der Waals surface area contributed by atoms with Crippen LogP contribution in [0.3, 0.4) is 0 Å². The molecule has 1 atom stereocenters. The molecule has 0 spiro atoms. The first-order valence-corrected chi connectivity index (χ1v) is 8.68. The summed E-state index contributed by atoms with van der Waals surface area (Å²) in [6, 6.07) is 9.71. The van der Waals surface area contributed by atoms with Gasteiger partial charge in [-0.05, 0) is 50.2 Å². The van der Waals surface area contributed by atoms with Crippen LogP contribution in [0.1, 0.15) is 30.3 Å². The molecule has 4 rings (SSSR count). The first-order chi connectivity index (χ1) is 12.8. The molecule has 0 aromatic carbocycles. The zero-order valence-corrected chi connectivity index (χ0v) is 14.3. The van der Waals surface area contributed by atoms with Crippen LogP contribution >= 0.6 is 0 Å². The van der Waals surface area contributed by atoms with Gasteiger partial charge in [0.25, 0.3) is 0 Å². The van der Waals surface area contributed by atoms with Gasteiger partial charge in [0.05, 0.1) is 17.9 Å². The Morgan fingerprint density at radius 3 is 2.85 bits per heavy atom. The number of anilines is 1. The number of furan rings is 1. The normalized spacial score (nSPS) is 15.7. The summed E-state index contributed by atoms with van der Waals surface area (Å²) in [6.45, 7) is 2.65. The Bertz CT molecular complexity index is 877. The smallest absolute Gasteiger partial charge is 0.232 e. The van der Waals surface area contributed by atoms with Crippen molar-refractivity contribution in [2.75, 3.05) is 25.0 Å². The maximum Gasteiger partial charge on any atom is 0.232 e. The van der Waals surface area contributed by atoms with E-state index in [4.69, 9.17) is 8.83 Å². The van der Waals surface area contributed by atoms with Crippen LogP contribution in [0.15, 0.2) is 51.8 Å². The van der Waals surface area contributed by atoms with Crippen molar-refractivity contribution in [1.29, 1.82) is 5.26 Å². The minimum Gasteiger partial charge on any atom is -0.468 e. The third-order valence-corrected chi connectivity index (χ3v) is 4.55. The molecule has 3 aromatic heterocycles. The standard InChI is InChI=1S/C19H19N5O2/c20-11-15-19(26-18(23-15)14-5-3-7-21-12-14)22-13-16(17-6-4-10-25-17)24-8-1-2-9-24/h3-7,10,12,16,22H,1-2,8-9,13H2/t16-/m1/s1. The molecular formula is C19H19N5O2. The third-order valence-electron chi connectivity index (χ3n) is 4.55. The van der Waals surface area contributed by atoms with E-state index in [1.165, 1.54) is 12.8 Å². The molecule has 0 bridgehead atoms. The van der Waals surface area contributed by atoms with Gasteiger partial charge in [0.1, 0.15) is 11.8 Å². The number of nitrogens with zero attached hydrogens (tertiary/aromatic N) is 4. The fourth-order valence-corrected chi connectivity index (χ4v) is 3.26. The first-order valence-electron chi connectivity index (χ1n) is 8.68. The molecule has 0 amide bonds. The summed E-state index contributed by atoms with van der Waals surface area (Å²) in [7, 11) is 0. The van der Waals surface area contributed by atoms with Crippen molar-refractivity contribution in [2.24, 2.45) is 0 Å². The summed E-state index contributed by atoms with van der Waals surface area (Å²) in [4.78, 5) is 10.7. The quantitative estimate of drug-likeness (QED) is 0.728. The fourth-order valence-electron chi connectivity index (χ4n) is 3.26. The number of rotatable bonds is 6. The molecule has 0 aliphatic carbocycles. The molecule has 1 aliphatic heterocycles. The summed E-state index contributed by atoms with van der Waals surface area (Å²) in [5.41, 5.74) is 0.975. The minimum atomic E-state index is 0.0889. The SMILES string of the molecule is N#Cc1nc(-c2cccnc2)oc1NC[C@H](c1ccco1)N1CCCC1. The van der Waals surface area contributed by atoms with Crippen LogP contribution in [-0.2, 0) is 0 Å². The lowest BCUT2D eigenvalue weighted by Gasteiger charge is -2.25. The maximum absolute atomic E-state index is 9.38. The van der Waals surface area contributed by atoms with Gasteiger partial charge in [-0.1, -0.05) is 0 Å². The molecule has 132 valence electrons. The second kappa shape index (κ2) is 7.42. The van der Waals surface area contributed by atoms with E-state index in [1.54, 1.807) is 24.7 Å². The van der Waals surface area contributed by atoms with Crippen molar-refractivity contribution in [3.05, 3.63) is 54.4 Å². The minimum absolute atomic E-state index is 0.0889. The number of aromatic nitrogens is 2. The average molecular weight is 349 g/mol. The number of nitriles is 1. The summed E-state index contributed by atoms with van der Waals surface area (Å²) < 4.78 is 11.4. The van der Waals surface area contributed by atoms with Gasteiger partial charge in [-0.3, -0.25) is 9.88 Å². The van der Waals surface area contributed by atoms with E-state index in [-0.39, 0.29) is 11.7 Å². The highest BCUT2D eigenvalue weighted by atomic mass is 16.4. The second-order valence-corrected chi connectivity index (χ2v) is 6.21. The van der Waals surface area contributed by atoms with Crippen molar-refractivity contribution in [2.45, 2.75) is 18.9 Å². The largest absolute Gasteiger partial charge is 0.468 e. The fraction of sp³-hybridized carbons (Fsp3) is 0.316. The second-order valence-electron chi connectivity index (χ2n) is 6.21. The highest BCUT2D eigenvalue weighted by Gasteiger charge is 2.26. The van der Waals surface area contributed by atoms with E-state index in [1.807, 2.05) is 18.2 Å². The van der Waals surface area contributed by atoms with Gasteiger partial charge >= 0.3 is 0 Å². The Morgan fingerprint density at radius 1 is 1.27 bits per heavy atom. The third kappa shape index (κ3) is 3.32. The molecule has 1 fully saturated rings. The van der Waals surface area contributed by atoms with Gasteiger partial charge in [-0.25, -0.2) is 0 Å². The number of hydrogen-bond donors (Lipinski definition) is 1. The summed E-state index contributed by atoms with van der Waals surface area (Å²) in [6.07, 6.45) is 7.41. The van der Waals surface area contributed by atoms with Gasteiger partial charge in [0.2, 0.25) is 17.5 Å². The summed E-state index contributed by atoms with van der Waals surface area (Å²) >= 11 is 0. The molecule has 1 aliphatic rings. The van der Waals surface area contributed by atoms with E-state index < -0.39 is 0 Å². The molecular weight excluding hydrogens is 330 g/mol. The predicted molar refractivity (Wildman–Crippen MR) is 95.2 cm³/mol. The summed E-state index contributed by atoms with van der Waals surface area (Å²) in [5.74, 6) is 1.67. The van der Waals surface area contributed by atoms with Crippen LogP contribution in [0.2, 0.25) is 0 Å². The van der Waals surface area contributed by atoms with Crippen molar-refractivity contribution < 1.29 is 8.83 Å².